The summed E-state index contributed by atoms with van der Waals surface area (Å²) in [5.74, 6) is 1.14. The number of nitrogens with zero attached hydrogens (tertiary/aromatic N) is 2. The summed E-state index contributed by atoms with van der Waals surface area (Å²) in [4.78, 5) is 12.1. The average molecular weight is 341 g/mol. The van der Waals surface area contributed by atoms with Crippen molar-refractivity contribution in [3.05, 3.63) is 47.3 Å². The SMILES string of the molecule is COc1ccc2[nH]c([S+]([O-])Cc3nccc4c3CCCC4)nc2c1. The first-order valence-electron chi connectivity index (χ1n) is 8.12. The van der Waals surface area contributed by atoms with Crippen molar-refractivity contribution in [2.45, 2.75) is 36.6 Å². The molecule has 0 bridgehead atoms. The number of imidazole rings is 1. The van der Waals surface area contributed by atoms with Crippen molar-refractivity contribution in [3.8, 4) is 5.75 Å². The van der Waals surface area contributed by atoms with E-state index in [-0.39, 0.29) is 0 Å². The van der Waals surface area contributed by atoms with Gasteiger partial charge in [0.25, 0.3) is 0 Å². The molecule has 24 heavy (non-hydrogen) atoms. The minimum atomic E-state index is -1.24. The van der Waals surface area contributed by atoms with Gasteiger partial charge in [0.2, 0.25) is 0 Å². The standard InChI is InChI=1S/C18H19N3O2S/c1-23-13-6-7-15-16(10-13)21-18(20-15)24(22)11-17-14-5-3-2-4-12(14)8-9-19-17/h6-10H,2-5,11H2,1H3,(H,20,21). The molecule has 0 saturated heterocycles. The van der Waals surface area contributed by atoms with E-state index in [9.17, 15) is 4.55 Å². The van der Waals surface area contributed by atoms with Crippen molar-refractivity contribution < 1.29 is 9.29 Å². The second kappa shape index (κ2) is 6.45. The summed E-state index contributed by atoms with van der Waals surface area (Å²) < 4.78 is 18.0. The van der Waals surface area contributed by atoms with Crippen LogP contribution in [0.5, 0.6) is 5.75 Å². The Hall–Kier alpha value is -2.05. The molecule has 6 heteroatoms. The molecule has 2 aromatic heterocycles. The summed E-state index contributed by atoms with van der Waals surface area (Å²) in [5, 5.41) is 0.494. The van der Waals surface area contributed by atoms with Crippen molar-refractivity contribution in [3.63, 3.8) is 0 Å². The number of methoxy groups -OCH3 is 1. The summed E-state index contributed by atoms with van der Waals surface area (Å²) in [6.07, 6.45) is 6.38. The zero-order valence-corrected chi connectivity index (χ0v) is 14.4. The lowest BCUT2D eigenvalue weighted by Gasteiger charge is -2.18. The minimum Gasteiger partial charge on any atom is -0.609 e. The van der Waals surface area contributed by atoms with E-state index in [1.807, 2.05) is 24.4 Å². The van der Waals surface area contributed by atoms with Gasteiger partial charge in [0, 0.05) is 23.4 Å². The van der Waals surface area contributed by atoms with E-state index in [2.05, 4.69) is 21.0 Å². The maximum absolute atomic E-state index is 12.8. The van der Waals surface area contributed by atoms with Crippen LogP contribution >= 0.6 is 0 Å². The molecule has 5 nitrogen and oxygen atoms in total. The van der Waals surface area contributed by atoms with Crippen LogP contribution in [0.25, 0.3) is 11.0 Å². The van der Waals surface area contributed by atoms with Crippen molar-refractivity contribution >= 4 is 22.2 Å². The lowest BCUT2D eigenvalue weighted by Crippen LogP contribution is -2.13. The molecular weight excluding hydrogens is 322 g/mol. The number of H-pyrrole nitrogens is 1. The number of hydrogen-bond donors (Lipinski definition) is 1. The Morgan fingerprint density at radius 1 is 1.25 bits per heavy atom. The Morgan fingerprint density at radius 3 is 3.00 bits per heavy atom. The topological polar surface area (TPSA) is 73.9 Å². The van der Waals surface area contributed by atoms with Crippen LogP contribution in [0.2, 0.25) is 0 Å². The first kappa shape index (κ1) is 15.5. The monoisotopic (exact) mass is 341 g/mol. The molecule has 1 atom stereocenters. The first-order chi connectivity index (χ1) is 11.7. The predicted octanol–water partition coefficient (Wildman–Crippen LogP) is 3.15. The van der Waals surface area contributed by atoms with Gasteiger partial charge < -0.3 is 9.29 Å². The molecule has 1 aromatic carbocycles. The van der Waals surface area contributed by atoms with Crippen molar-refractivity contribution in [2.75, 3.05) is 7.11 Å². The molecule has 1 aliphatic carbocycles. The molecule has 2 heterocycles. The maximum atomic E-state index is 12.8. The number of aromatic nitrogens is 3. The number of aromatic amines is 1. The number of benzene rings is 1. The van der Waals surface area contributed by atoms with Gasteiger partial charge in [-0.15, -0.1) is 0 Å². The van der Waals surface area contributed by atoms with E-state index in [4.69, 9.17) is 4.74 Å². The van der Waals surface area contributed by atoms with Gasteiger partial charge in [-0.05, 0) is 55.0 Å². The molecule has 0 spiro atoms. The van der Waals surface area contributed by atoms with Gasteiger partial charge in [0.15, 0.2) is 5.75 Å². The average Bonchev–Trinajstić information content (AvgIpc) is 3.05. The molecule has 0 radical (unpaired) electrons. The molecule has 4 rings (SSSR count). The van der Waals surface area contributed by atoms with E-state index in [1.54, 1.807) is 7.11 Å². The van der Waals surface area contributed by atoms with Crippen molar-refractivity contribution in [1.29, 1.82) is 0 Å². The maximum Gasteiger partial charge on any atom is 0.322 e. The van der Waals surface area contributed by atoms with Gasteiger partial charge in [0.05, 0.1) is 23.8 Å². The summed E-state index contributed by atoms with van der Waals surface area (Å²) in [7, 11) is 1.62. The highest BCUT2D eigenvalue weighted by Crippen LogP contribution is 2.26. The number of nitrogens with one attached hydrogen (secondary N) is 1. The normalized spacial score (nSPS) is 15.2. The lowest BCUT2D eigenvalue weighted by atomic mass is 9.91. The van der Waals surface area contributed by atoms with E-state index < -0.39 is 11.2 Å². The fourth-order valence-corrected chi connectivity index (χ4v) is 4.31. The van der Waals surface area contributed by atoms with Crippen LogP contribution in [0, 0.1) is 0 Å². The third-order valence-corrected chi connectivity index (χ3v) is 5.68. The fraction of sp³-hybridized carbons (Fsp3) is 0.333. The van der Waals surface area contributed by atoms with E-state index in [0.717, 1.165) is 35.3 Å². The van der Waals surface area contributed by atoms with Crippen LogP contribution in [0.1, 0.15) is 29.7 Å². The third-order valence-electron chi connectivity index (χ3n) is 4.52. The van der Waals surface area contributed by atoms with Gasteiger partial charge in [-0.25, -0.2) is 0 Å². The Balaban J connectivity index is 1.61. The summed E-state index contributed by atoms with van der Waals surface area (Å²) in [6, 6.07) is 7.69. The fourth-order valence-electron chi connectivity index (χ4n) is 3.25. The highest BCUT2D eigenvalue weighted by Gasteiger charge is 2.22. The minimum absolute atomic E-state index is 0.403. The first-order valence-corrected chi connectivity index (χ1v) is 9.44. The number of aryl methyl sites for hydroxylation is 1. The van der Waals surface area contributed by atoms with Gasteiger partial charge in [-0.1, -0.05) is 0 Å². The second-order valence-electron chi connectivity index (χ2n) is 6.02. The number of fused-ring (bicyclic) bond motifs is 2. The second-order valence-corrected chi connectivity index (χ2v) is 7.38. The highest BCUT2D eigenvalue weighted by molar-refractivity contribution is 7.90. The quantitative estimate of drug-likeness (QED) is 0.740. The molecule has 0 aliphatic heterocycles. The Bertz CT molecular complexity index is 878. The molecule has 0 saturated carbocycles. The summed E-state index contributed by atoms with van der Waals surface area (Å²) in [5.41, 5.74) is 5.22. The van der Waals surface area contributed by atoms with Crippen molar-refractivity contribution in [1.82, 2.24) is 15.0 Å². The Morgan fingerprint density at radius 2 is 2.12 bits per heavy atom. The van der Waals surface area contributed by atoms with Gasteiger partial charge in [-0.3, -0.25) is 9.97 Å². The predicted molar refractivity (Wildman–Crippen MR) is 93.6 cm³/mol. The highest BCUT2D eigenvalue weighted by atomic mass is 32.2. The van der Waals surface area contributed by atoms with Crippen LogP contribution < -0.4 is 4.74 Å². The Kier molecular flexibility index (Phi) is 4.16. The molecule has 1 aliphatic rings. The van der Waals surface area contributed by atoms with Crippen LogP contribution in [0.3, 0.4) is 0 Å². The Labute approximate surface area is 143 Å². The zero-order valence-electron chi connectivity index (χ0n) is 13.5. The van der Waals surface area contributed by atoms with E-state index in [1.165, 1.54) is 24.0 Å². The van der Waals surface area contributed by atoms with Crippen LogP contribution in [-0.2, 0) is 29.8 Å². The summed E-state index contributed by atoms with van der Waals surface area (Å²) in [6.45, 7) is 0. The van der Waals surface area contributed by atoms with Crippen LogP contribution in [0.15, 0.2) is 35.6 Å². The van der Waals surface area contributed by atoms with Gasteiger partial charge >= 0.3 is 5.16 Å². The van der Waals surface area contributed by atoms with Gasteiger partial charge in [-0.2, -0.15) is 4.98 Å². The molecule has 1 unspecified atom stereocenters. The molecule has 1 N–H and O–H groups in total. The number of rotatable bonds is 4. The largest absolute Gasteiger partial charge is 0.609 e. The van der Waals surface area contributed by atoms with Crippen LogP contribution in [0.4, 0.5) is 0 Å². The van der Waals surface area contributed by atoms with Gasteiger partial charge in [0.1, 0.15) is 5.75 Å². The molecule has 3 aromatic rings. The number of ether oxygens (including phenoxy) is 1. The van der Waals surface area contributed by atoms with E-state index in [0.29, 0.717) is 10.9 Å². The summed E-state index contributed by atoms with van der Waals surface area (Å²) >= 11 is -1.24. The zero-order chi connectivity index (χ0) is 16.5. The van der Waals surface area contributed by atoms with Crippen LogP contribution in [-0.4, -0.2) is 26.6 Å². The van der Waals surface area contributed by atoms with Crippen molar-refractivity contribution in [2.24, 2.45) is 0 Å². The lowest BCUT2D eigenvalue weighted by molar-refractivity contribution is 0.415. The number of hydrogen-bond acceptors (Lipinski definition) is 4. The molecular formula is C18H19N3O2S. The smallest absolute Gasteiger partial charge is 0.322 e. The molecule has 124 valence electrons. The number of pyridine rings is 1. The molecule has 0 fully saturated rings. The third kappa shape index (κ3) is 2.87. The molecule has 0 amide bonds. The van der Waals surface area contributed by atoms with E-state index >= 15 is 0 Å².